The Labute approximate surface area is 122 Å². The zero-order valence-electron chi connectivity index (χ0n) is 11.2. The van der Waals surface area contributed by atoms with E-state index in [-0.39, 0.29) is 6.03 Å². The lowest BCUT2D eigenvalue weighted by Crippen LogP contribution is -2.50. The van der Waals surface area contributed by atoms with Crippen LogP contribution in [-0.4, -0.2) is 37.1 Å². The molecule has 20 heavy (non-hydrogen) atoms. The Bertz CT molecular complexity index is 548. The summed E-state index contributed by atoms with van der Waals surface area (Å²) in [7, 11) is 0. The minimum atomic E-state index is 0.000150. The topological polar surface area (TPSA) is 35.6 Å². The van der Waals surface area contributed by atoms with Gasteiger partial charge in [-0.3, -0.25) is 5.32 Å². The number of hydrogen-bond donors (Lipinski definition) is 1. The van der Waals surface area contributed by atoms with Crippen LogP contribution in [0.2, 0.25) is 0 Å². The average molecular weight is 287 g/mol. The lowest BCUT2D eigenvalue weighted by atomic mass is 10.2. The van der Waals surface area contributed by atoms with Crippen molar-refractivity contribution >= 4 is 28.1 Å². The summed E-state index contributed by atoms with van der Waals surface area (Å²) >= 11 is 1.54. The normalized spacial score (nSPS) is 15.2. The van der Waals surface area contributed by atoms with Gasteiger partial charge >= 0.3 is 6.03 Å². The van der Waals surface area contributed by atoms with Crippen LogP contribution in [0.4, 0.5) is 15.5 Å². The minimum absolute atomic E-state index is 0.000150. The van der Waals surface area contributed by atoms with Crippen LogP contribution in [0.15, 0.2) is 47.8 Å². The monoisotopic (exact) mass is 287 g/mol. The van der Waals surface area contributed by atoms with Crippen LogP contribution >= 0.6 is 11.3 Å². The van der Waals surface area contributed by atoms with E-state index in [4.69, 9.17) is 0 Å². The third-order valence-corrected chi connectivity index (χ3v) is 4.22. The first kappa shape index (κ1) is 13.0. The maximum atomic E-state index is 12.1. The lowest BCUT2D eigenvalue weighted by Gasteiger charge is -2.35. The van der Waals surface area contributed by atoms with Crippen molar-refractivity contribution in [2.45, 2.75) is 0 Å². The average Bonchev–Trinajstić information content (AvgIpc) is 3.01. The molecule has 0 unspecified atom stereocenters. The number of benzene rings is 1. The fraction of sp³-hybridized carbons (Fsp3) is 0.267. The number of urea groups is 1. The predicted octanol–water partition coefficient (Wildman–Crippen LogP) is 3.10. The predicted molar refractivity (Wildman–Crippen MR) is 83.6 cm³/mol. The Hall–Kier alpha value is -2.01. The fourth-order valence-corrected chi connectivity index (χ4v) is 2.95. The van der Waals surface area contributed by atoms with E-state index in [1.807, 2.05) is 40.6 Å². The van der Waals surface area contributed by atoms with Crippen molar-refractivity contribution < 1.29 is 4.79 Å². The van der Waals surface area contributed by atoms with Gasteiger partial charge in [-0.2, -0.15) is 0 Å². The molecule has 5 heteroatoms. The van der Waals surface area contributed by atoms with Crippen molar-refractivity contribution in [2.75, 3.05) is 36.4 Å². The molecule has 1 aliphatic rings. The van der Waals surface area contributed by atoms with Crippen molar-refractivity contribution in [3.63, 3.8) is 0 Å². The van der Waals surface area contributed by atoms with E-state index >= 15 is 0 Å². The highest BCUT2D eigenvalue weighted by Crippen LogP contribution is 2.18. The van der Waals surface area contributed by atoms with Gasteiger partial charge in [0.2, 0.25) is 0 Å². The van der Waals surface area contributed by atoms with Gasteiger partial charge in [-0.25, -0.2) is 4.79 Å². The van der Waals surface area contributed by atoms with E-state index in [2.05, 4.69) is 22.3 Å². The van der Waals surface area contributed by atoms with Crippen molar-refractivity contribution in [2.24, 2.45) is 0 Å². The Balaban J connectivity index is 1.54. The standard InChI is InChI=1S/C15H17N3OS/c19-15(16-14-7-4-12-20-14)18-10-8-17(9-11-18)13-5-2-1-3-6-13/h1-7,12H,8-11H2,(H,16,19). The van der Waals surface area contributed by atoms with Gasteiger partial charge in [0.1, 0.15) is 0 Å². The molecule has 1 aliphatic heterocycles. The third-order valence-electron chi connectivity index (χ3n) is 3.44. The molecule has 0 bridgehead atoms. The van der Waals surface area contributed by atoms with Crippen LogP contribution in [-0.2, 0) is 0 Å². The fourth-order valence-electron chi connectivity index (χ4n) is 2.34. The highest BCUT2D eigenvalue weighted by molar-refractivity contribution is 7.14. The number of anilines is 2. The molecule has 2 aromatic rings. The molecular formula is C15H17N3OS. The number of thiophene rings is 1. The summed E-state index contributed by atoms with van der Waals surface area (Å²) in [6.07, 6.45) is 0. The SMILES string of the molecule is O=C(Nc1cccs1)N1CCN(c2ccccc2)CC1. The van der Waals surface area contributed by atoms with Gasteiger partial charge in [0.25, 0.3) is 0 Å². The number of para-hydroxylation sites is 1. The van der Waals surface area contributed by atoms with Gasteiger partial charge in [-0.1, -0.05) is 18.2 Å². The molecule has 1 N–H and O–H groups in total. The molecule has 0 spiro atoms. The zero-order valence-corrected chi connectivity index (χ0v) is 12.0. The minimum Gasteiger partial charge on any atom is -0.368 e. The number of carbonyl (C=O) groups excluding carboxylic acids is 1. The van der Waals surface area contributed by atoms with E-state index < -0.39 is 0 Å². The summed E-state index contributed by atoms with van der Waals surface area (Å²) in [6.45, 7) is 3.27. The zero-order chi connectivity index (χ0) is 13.8. The van der Waals surface area contributed by atoms with Crippen molar-refractivity contribution in [3.8, 4) is 0 Å². The summed E-state index contributed by atoms with van der Waals surface area (Å²) < 4.78 is 0. The van der Waals surface area contributed by atoms with E-state index in [0.29, 0.717) is 0 Å². The van der Waals surface area contributed by atoms with Crippen LogP contribution in [0.3, 0.4) is 0 Å². The largest absolute Gasteiger partial charge is 0.368 e. The second-order valence-electron chi connectivity index (χ2n) is 4.72. The van der Waals surface area contributed by atoms with Gasteiger partial charge in [0, 0.05) is 31.9 Å². The molecule has 0 saturated carbocycles. The van der Waals surface area contributed by atoms with Gasteiger partial charge in [0.05, 0.1) is 5.00 Å². The van der Waals surface area contributed by atoms with Crippen molar-refractivity contribution in [1.82, 2.24) is 4.90 Å². The number of rotatable bonds is 2. The molecule has 104 valence electrons. The van der Waals surface area contributed by atoms with Crippen LogP contribution in [0.25, 0.3) is 0 Å². The molecule has 0 atom stereocenters. The van der Waals surface area contributed by atoms with Crippen molar-refractivity contribution in [3.05, 3.63) is 47.8 Å². The molecule has 3 rings (SSSR count). The smallest absolute Gasteiger partial charge is 0.322 e. The number of nitrogens with one attached hydrogen (secondary N) is 1. The Morgan fingerprint density at radius 1 is 1.00 bits per heavy atom. The first-order valence-electron chi connectivity index (χ1n) is 6.72. The quantitative estimate of drug-likeness (QED) is 0.921. The van der Waals surface area contributed by atoms with E-state index in [9.17, 15) is 4.79 Å². The number of nitrogens with zero attached hydrogens (tertiary/aromatic N) is 2. The van der Waals surface area contributed by atoms with E-state index in [0.717, 1.165) is 31.2 Å². The number of amides is 2. The molecular weight excluding hydrogens is 270 g/mol. The third kappa shape index (κ3) is 2.93. The van der Waals surface area contributed by atoms with Gasteiger partial charge in [0.15, 0.2) is 0 Å². The van der Waals surface area contributed by atoms with Crippen molar-refractivity contribution in [1.29, 1.82) is 0 Å². The van der Waals surface area contributed by atoms with Gasteiger partial charge in [-0.15, -0.1) is 11.3 Å². The Morgan fingerprint density at radius 2 is 1.75 bits per heavy atom. The summed E-state index contributed by atoms with van der Waals surface area (Å²) in [6, 6.07) is 14.2. The molecule has 1 saturated heterocycles. The van der Waals surface area contributed by atoms with Gasteiger partial charge in [-0.05, 0) is 29.6 Å². The maximum Gasteiger partial charge on any atom is 0.322 e. The maximum absolute atomic E-state index is 12.1. The van der Waals surface area contributed by atoms with Gasteiger partial charge < -0.3 is 9.80 Å². The molecule has 0 radical (unpaired) electrons. The number of piperazine rings is 1. The highest BCUT2D eigenvalue weighted by Gasteiger charge is 2.21. The molecule has 0 aliphatic carbocycles. The summed E-state index contributed by atoms with van der Waals surface area (Å²) in [5.41, 5.74) is 1.23. The van der Waals surface area contributed by atoms with E-state index in [1.54, 1.807) is 11.3 Å². The molecule has 4 nitrogen and oxygen atoms in total. The molecule has 1 aromatic heterocycles. The van der Waals surface area contributed by atoms with Crippen LogP contribution in [0, 0.1) is 0 Å². The first-order valence-corrected chi connectivity index (χ1v) is 7.60. The molecule has 2 amide bonds. The van der Waals surface area contributed by atoms with Crippen LogP contribution in [0.1, 0.15) is 0 Å². The summed E-state index contributed by atoms with van der Waals surface area (Å²) in [4.78, 5) is 16.3. The highest BCUT2D eigenvalue weighted by atomic mass is 32.1. The number of carbonyl (C=O) groups is 1. The molecule has 2 heterocycles. The summed E-state index contributed by atoms with van der Waals surface area (Å²) in [5.74, 6) is 0. The number of hydrogen-bond acceptors (Lipinski definition) is 3. The molecule has 1 aromatic carbocycles. The van der Waals surface area contributed by atoms with E-state index in [1.165, 1.54) is 5.69 Å². The second kappa shape index (κ2) is 5.96. The molecule has 1 fully saturated rings. The second-order valence-corrected chi connectivity index (χ2v) is 5.66. The Kier molecular flexibility index (Phi) is 3.87. The Morgan fingerprint density at radius 3 is 2.40 bits per heavy atom. The lowest BCUT2D eigenvalue weighted by molar-refractivity contribution is 0.208. The van der Waals surface area contributed by atoms with Crippen LogP contribution in [0.5, 0.6) is 0 Å². The summed E-state index contributed by atoms with van der Waals surface area (Å²) in [5, 5.41) is 5.80. The first-order chi connectivity index (χ1) is 9.83. The van der Waals surface area contributed by atoms with Crippen LogP contribution < -0.4 is 10.2 Å².